The van der Waals surface area contributed by atoms with Crippen LogP contribution >= 0.6 is 15.9 Å². The first-order valence-corrected chi connectivity index (χ1v) is 8.16. The van der Waals surface area contributed by atoms with E-state index in [1.54, 1.807) is 4.90 Å². The maximum absolute atomic E-state index is 12.9. The molecule has 2 fully saturated rings. The first-order valence-electron chi connectivity index (χ1n) is 7.36. The number of hydrogen-bond acceptors (Lipinski definition) is 2. The molecule has 21 heavy (non-hydrogen) atoms. The molecule has 2 heterocycles. The van der Waals surface area contributed by atoms with Gasteiger partial charge in [-0.15, -0.1) is 0 Å². The zero-order chi connectivity index (χ0) is 15.1. The normalized spacial score (nSPS) is 22.5. The van der Waals surface area contributed by atoms with Crippen LogP contribution in [0, 0.1) is 13.8 Å². The smallest absolute Gasteiger partial charge is 0.249 e. The molecule has 0 spiro atoms. The van der Waals surface area contributed by atoms with E-state index >= 15 is 0 Å². The number of fused-ring (bicyclic) bond motifs is 1. The van der Waals surface area contributed by atoms with Crippen molar-refractivity contribution in [3.8, 4) is 0 Å². The highest BCUT2D eigenvalue weighted by Crippen LogP contribution is 2.32. The molecule has 1 unspecified atom stereocenters. The molecule has 0 bridgehead atoms. The van der Waals surface area contributed by atoms with Gasteiger partial charge in [0.15, 0.2) is 0 Å². The van der Waals surface area contributed by atoms with Crippen molar-refractivity contribution in [2.45, 2.75) is 39.2 Å². The zero-order valence-corrected chi connectivity index (χ0v) is 13.9. The minimum absolute atomic E-state index is 0.0758. The summed E-state index contributed by atoms with van der Waals surface area (Å²) in [5.41, 5.74) is 3.09. The Hall–Kier alpha value is -1.36. The molecule has 2 saturated heterocycles. The van der Waals surface area contributed by atoms with Crippen LogP contribution in [-0.2, 0) is 9.59 Å². The third-order valence-corrected chi connectivity index (χ3v) is 4.86. The largest absolute Gasteiger partial charge is 0.331 e. The molecule has 112 valence electrons. The highest BCUT2D eigenvalue weighted by molar-refractivity contribution is 9.10. The van der Waals surface area contributed by atoms with Crippen LogP contribution in [-0.4, -0.2) is 35.8 Å². The highest BCUT2D eigenvalue weighted by atomic mass is 79.9. The van der Waals surface area contributed by atoms with Crippen molar-refractivity contribution < 1.29 is 9.59 Å². The van der Waals surface area contributed by atoms with E-state index in [0.717, 1.165) is 40.7 Å². The lowest BCUT2D eigenvalue weighted by Crippen LogP contribution is -2.44. The van der Waals surface area contributed by atoms with Crippen LogP contribution in [0.3, 0.4) is 0 Å². The molecule has 0 saturated carbocycles. The molecule has 1 aromatic rings. The lowest BCUT2D eigenvalue weighted by Gasteiger charge is -2.28. The Kier molecular flexibility index (Phi) is 3.78. The maximum Gasteiger partial charge on any atom is 0.249 e. The van der Waals surface area contributed by atoms with Gasteiger partial charge in [0.25, 0.3) is 0 Å². The zero-order valence-electron chi connectivity index (χ0n) is 12.4. The first kappa shape index (κ1) is 14.6. The van der Waals surface area contributed by atoms with Gasteiger partial charge < -0.3 is 9.80 Å². The van der Waals surface area contributed by atoms with Crippen molar-refractivity contribution >= 4 is 33.4 Å². The molecule has 5 heteroatoms. The molecule has 2 aliphatic rings. The van der Waals surface area contributed by atoms with Crippen LogP contribution < -0.4 is 4.90 Å². The number of anilines is 1. The SMILES string of the molecule is Cc1cc(Br)cc(C)c1N1CCC(=O)N2CCCC2C1=O. The van der Waals surface area contributed by atoms with E-state index in [4.69, 9.17) is 0 Å². The number of amides is 2. The second kappa shape index (κ2) is 5.44. The van der Waals surface area contributed by atoms with Crippen LogP contribution in [0.1, 0.15) is 30.4 Å². The van der Waals surface area contributed by atoms with Crippen molar-refractivity contribution in [2.75, 3.05) is 18.0 Å². The maximum atomic E-state index is 12.9. The van der Waals surface area contributed by atoms with Crippen molar-refractivity contribution in [1.29, 1.82) is 0 Å². The van der Waals surface area contributed by atoms with Crippen molar-refractivity contribution in [2.24, 2.45) is 0 Å². The van der Waals surface area contributed by atoms with Gasteiger partial charge in [0.1, 0.15) is 6.04 Å². The number of carbonyl (C=O) groups excluding carboxylic acids is 2. The molecule has 0 aromatic heterocycles. The van der Waals surface area contributed by atoms with Gasteiger partial charge in [-0.25, -0.2) is 0 Å². The van der Waals surface area contributed by atoms with Gasteiger partial charge in [-0.1, -0.05) is 15.9 Å². The number of rotatable bonds is 1. The fraction of sp³-hybridized carbons (Fsp3) is 0.500. The number of carbonyl (C=O) groups is 2. The monoisotopic (exact) mass is 350 g/mol. The predicted octanol–water partition coefficient (Wildman–Crippen LogP) is 2.79. The third-order valence-electron chi connectivity index (χ3n) is 4.40. The standard InChI is InChI=1S/C16H19BrN2O2/c1-10-8-12(17)9-11(2)15(10)19-7-5-14(20)18-6-3-4-13(18)16(19)21/h8-9,13H,3-7H2,1-2H3. The molecule has 1 atom stereocenters. The second-order valence-corrected chi connectivity index (χ2v) is 6.79. The highest BCUT2D eigenvalue weighted by Gasteiger charge is 2.40. The number of hydrogen-bond donors (Lipinski definition) is 0. The van der Waals surface area contributed by atoms with Crippen LogP contribution in [0.25, 0.3) is 0 Å². The van der Waals surface area contributed by atoms with E-state index in [2.05, 4.69) is 15.9 Å². The van der Waals surface area contributed by atoms with E-state index in [0.29, 0.717) is 13.0 Å². The minimum atomic E-state index is -0.262. The quantitative estimate of drug-likeness (QED) is 0.781. The average Bonchev–Trinajstić information content (AvgIpc) is 2.85. The van der Waals surface area contributed by atoms with Crippen LogP contribution in [0.15, 0.2) is 16.6 Å². The number of benzene rings is 1. The predicted molar refractivity (Wildman–Crippen MR) is 85.3 cm³/mol. The van der Waals surface area contributed by atoms with Crippen molar-refractivity contribution in [3.63, 3.8) is 0 Å². The molecular weight excluding hydrogens is 332 g/mol. The Morgan fingerprint density at radius 3 is 2.48 bits per heavy atom. The average molecular weight is 351 g/mol. The van der Waals surface area contributed by atoms with Gasteiger partial charge in [-0.3, -0.25) is 9.59 Å². The molecule has 4 nitrogen and oxygen atoms in total. The number of aryl methyl sites for hydroxylation is 2. The second-order valence-electron chi connectivity index (χ2n) is 5.87. The summed E-state index contributed by atoms with van der Waals surface area (Å²) in [6.07, 6.45) is 2.13. The minimum Gasteiger partial charge on any atom is -0.331 e. The van der Waals surface area contributed by atoms with E-state index in [1.165, 1.54) is 0 Å². The van der Waals surface area contributed by atoms with E-state index in [9.17, 15) is 9.59 Å². The van der Waals surface area contributed by atoms with Crippen molar-refractivity contribution in [1.82, 2.24) is 4.90 Å². The summed E-state index contributed by atoms with van der Waals surface area (Å²) in [7, 11) is 0. The first-order chi connectivity index (χ1) is 9.99. The molecule has 2 amide bonds. The van der Waals surface area contributed by atoms with Crippen LogP contribution in [0.4, 0.5) is 5.69 Å². The van der Waals surface area contributed by atoms with Gasteiger partial charge in [0, 0.05) is 29.7 Å². The lowest BCUT2D eigenvalue weighted by molar-refractivity contribution is -0.135. The Labute approximate surface area is 133 Å². The fourth-order valence-electron chi connectivity index (χ4n) is 3.51. The van der Waals surface area contributed by atoms with E-state index in [-0.39, 0.29) is 17.9 Å². The number of halogens is 1. The summed E-state index contributed by atoms with van der Waals surface area (Å²) in [4.78, 5) is 28.7. The van der Waals surface area contributed by atoms with Crippen LogP contribution in [0.2, 0.25) is 0 Å². The molecule has 1 aromatic carbocycles. The van der Waals surface area contributed by atoms with E-state index < -0.39 is 0 Å². The summed E-state index contributed by atoms with van der Waals surface area (Å²) in [6.45, 7) is 5.23. The molecule has 2 aliphatic heterocycles. The topological polar surface area (TPSA) is 40.6 Å². The molecule has 0 radical (unpaired) electrons. The molecule has 3 rings (SSSR count). The molecular formula is C16H19BrN2O2. The van der Waals surface area contributed by atoms with Crippen LogP contribution in [0.5, 0.6) is 0 Å². The van der Waals surface area contributed by atoms with Gasteiger partial charge in [0.05, 0.1) is 0 Å². The summed E-state index contributed by atoms with van der Waals surface area (Å²) in [5.74, 6) is 0.188. The van der Waals surface area contributed by atoms with Gasteiger partial charge in [0.2, 0.25) is 11.8 Å². The molecule has 0 aliphatic carbocycles. The Balaban J connectivity index is 2.02. The number of nitrogens with zero attached hydrogens (tertiary/aromatic N) is 2. The summed E-state index contributed by atoms with van der Waals surface area (Å²) < 4.78 is 1.02. The van der Waals surface area contributed by atoms with E-state index in [1.807, 2.05) is 30.9 Å². The summed E-state index contributed by atoms with van der Waals surface area (Å²) >= 11 is 3.49. The Morgan fingerprint density at radius 1 is 1.14 bits per heavy atom. The third kappa shape index (κ3) is 2.48. The lowest BCUT2D eigenvalue weighted by atomic mass is 10.1. The van der Waals surface area contributed by atoms with Crippen molar-refractivity contribution in [3.05, 3.63) is 27.7 Å². The molecule has 0 N–H and O–H groups in total. The summed E-state index contributed by atoms with van der Waals surface area (Å²) in [6, 6.07) is 3.78. The summed E-state index contributed by atoms with van der Waals surface area (Å²) in [5, 5.41) is 0. The van der Waals surface area contributed by atoms with Gasteiger partial charge in [-0.05, 0) is 49.9 Å². The Morgan fingerprint density at radius 2 is 1.81 bits per heavy atom. The van der Waals surface area contributed by atoms with Gasteiger partial charge >= 0.3 is 0 Å². The fourth-order valence-corrected chi connectivity index (χ4v) is 4.20. The Bertz CT molecular complexity index is 591. The van der Waals surface area contributed by atoms with Gasteiger partial charge in [-0.2, -0.15) is 0 Å².